The number of H-pyrrole nitrogens is 1. The van der Waals surface area contributed by atoms with E-state index in [0.717, 1.165) is 24.0 Å². The van der Waals surface area contributed by atoms with Crippen LogP contribution in [0.25, 0.3) is 0 Å². The number of hydrogen-bond donors (Lipinski definition) is 5. The third-order valence-corrected chi connectivity index (χ3v) is 6.22. The van der Waals surface area contributed by atoms with Gasteiger partial charge in [-0.3, -0.25) is 19.4 Å². The van der Waals surface area contributed by atoms with E-state index >= 15 is 0 Å². The van der Waals surface area contributed by atoms with Crippen LogP contribution in [0.1, 0.15) is 46.3 Å². The largest absolute Gasteiger partial charge is 0.481 e. The highest BCUT2D eigenvalue weighted by Crippen LogP contribution is 2.29. The highest BCUT2D eigenvalue weighted by Gasteiger charge is 2.36. The molecule has 1 aromatic heterocycles. The van der Waals surface area contributed by atoms with Crippen LogP contribution in [0.3, 0.4) is 0 Å². The molecular formula is C22H25N5O6. The smallest absolute Gasteiger partial charge is 0.326 e. The van der Waals surface area contributed by atoms with Gasteiger partial charge in [-0.2, -0.15) is 4.98 Å². The number of fused-ring (bicyclic) bond motifs is 2. The van der Waals surface area contributed by atoms with Crippen LogP contribution < -0.4 is 16.6 Å². The standard InChI is InChI=1S/C22H25N5O6/c23-22-25-18-15(19(30)26-22)8-12(9-24-18)2-1-11-3-4-14-13(7-11)10-27(20(14)31)16(21(32)33)5-6-17(28)29/h3-4,7,12,16H,1-2,5-6,8-10H2,(H,28,29)(H,32,33)(H4,23,24,25,26,30)/t12?,16-/m1/s1. The number of amides is 1. The molecule has 0 radical (unpaired) electrons. The van der Waals surface area contributed by atoms with Crippen LogP contribution in [0.4, 0.5) is 11.8 Å². The van der Waals surface area contributed by atoms with Crippen LogP contribution in [0, 0.1) is 5.92 Å². The van der Waals surface area contributed by atoms with Crippen molar-refractivity contribution in [3.63, 3.8) is 0 Å². The van der Waals surface area contributed by atoms with Crippen molar-refractivity contribution in [1.82, 2.24) is 14.9 Å². The Balaban J connectivity index is 1.41. The summed E-state index contributed by atoms with van der Waals surface area (Å²) in [4.78, 5) is 55.3. The van der Waals surface area contributed by atoms with Gasteiger partial charge in [-0.15, -0.1) is 0 Å². The Hall–Kier alpha value is -3.89. The number of nitrogens with zero attached hydrogens (tertiary/aromatic N) is 2. The molecule has 1 unspecified atom stereocenters. The summed E-state index contributed by atoms with van der Waals surface area (Å²) < 4.78 is 0. The molecular weight excluding hydrogens is 430 g/mol. The van der Waals surface area contributed by atoms with Gasteiger partial charge in [-0.1, -0.05) is 12.1 Å². The molecule has 33 heavy (non-hydrogen) atoms. The van der Waals surface area contributed by atoms with Gasteiger partial charge in [0, 0.05) is 25.1 Å². The average molecular weight is 455 g/mol. The zero-order valence-electron chi connectivity index (χ0n) is 17.8. The van der Waals surface area contributed by atoms with E-state index in [1.807, 2.05) is 12.1 Å². The minimum atomic E-state index is -1.21. The summed E-state index contributed by atoms with van der Waals surface area (Å²) in [5.41, 5.74) is 8.14. The molecule has 11 nitrogen and oxygen atoms in total. The lowest BCUT2D eigenvalue weighted by Crippen LogP contribution is -2.41. The van der Waals surface area contributed by atoms with Gasteiger partial charge in [0.05, 0.1) is 5.56 Å². The number of anilines is 2. The Morgan fingerprint density at radius 3 is 2.79 bits per heavy atom. The van der Waals surface area contributed by atoms with E-state index in [1.54, 1.807) is 6.07 Å². The second-order valence-electron chi connectivity index (χ2n) is 8.48. The molecule has 0 saturated heterocycles. The van der Waals surface area contributed by atoms with Crippen molar-refractivity contribution >= 4 is 29.6 Å². The molecule has 6 N–H and O–H groups in total. The zero-order chi connectivity index (χ0) is 23.7. The fourth-order valence-corrected chi connectivity index (χ4v) is 4.50. The van der Waals surface area contributed by atoms with Crippen molar-refractivity contribution in [3.8, 4) is 0 Å². The first-order chi connectivity index (χ1) is 15.7. The zero-order valence-corrected chi connectivity index (χ0v) is 17.8. The maximum Gasteiger partial charge on any atom is 0.326 e. The molecule has 2 aromatic rings. The molecule has 0 saturated carbocycles. The summed E-state index contributed by atoms with van der Waals surface area (Å²) in [5, 5.41) is 21.6. The number of hydrogen-bond acceptors (Lipinski definition) is 7. The van der Waals surface area contributed by atoms with Gasteiger partial charge in [-0.25, -0.2) is 4.79 Å². The minimum absolute atomic E-state index is 0.0829. The highest BCUT2D eigenvalue weighted by molar-refractivity contribution is 6.00. The number of carboxylic acid groups (broad SMARTS) is 2. The molecule has 1 aromatic carbocycles. The first-order valence-electron chi connectivity index (χ1n) is 10.7. The van der Waals surface area contributed by atoms with Crippen molar-refractivity contribution in [2.24, 2.45) is 5.92 Å². The summed E-state index contributed by atoms with van der Waals surface area (Å²) in [7, 11) is 0. The van der Waals surface area contributed by atoms with Gasteiger partial charge in [-0.05, 0) is 48.8 Å². The average Bonchev–Trinajstić information content (AvgIpc) is 3.07. The topological polar surface area (TPSA) is 179 Å². The van der Waals surface area contributed by atoms with Gasteiger partial charge >= 0.3 is 11.9 Å². The molecule has 0 fully saturated rings. The molecule has 1 amide bonds. The summed E-state index contributed by atoms with van der Waals surface area (Å²) in [6.45, 7) is 0.809. The quantitative estimate of drug-likeness (QED) is 0.386. The van der Waals surface area contributed by atoms with Crippen molar-refractivity contribution in [2.75, 3.05) is 17.6 Å². The number of aromatic nitrogens is 2. The van der Waals surface area contributed by atoms with Crippen LogP contribution >= 0.6 is 0 Å². The normalized spacial score (nSPS) is 17.8. The number of carboxylic acids is 2. The third-order valence-electron chi connectivity index (χ3n) is 6.22. The first kappa shape index (κ1) is 22.3. The molecule has 3 heterocycles. The highest BCUT2D eigenvalue weighted by atomic mass is 16.4. The molecule has 0 bridgehead atoms. The predicted octanol–water partition coefficient (Wildman–Crippen LogP) is 0.843. The second-order valence-corrected chi connectivity index (χ2v) is 8.48. The lowest BCUT2D eigenvalue weighted by molar-refractivity contribution is -0.143. The number of aromatic amines is 1. The number of aryl methyl sites for hydroxylation is 1. The van der Waals surface area contributed by atoms with Crippen LogP contribution in [0.5, 0.6) is 0 Å². The molecule has 11 heteroatoms. The van der Waals surface area contributed by atoms with Crippen molar-refractivity contribution in [2.45, 2.75) is 44.7 Å². The number of benzene rings is 1. The van der Waals surface area contributed by atoms with Crippen molar-refractivity contribution in [1.29, 1.82) is 0 Å². The number of carbonyl (C=O) groups is 3. The minimum Gasteiger partial charge on any atom is -0.481 e. The second kappa shape index (κ2) is 8.93. The number of nitrogen functional groups attached to an aromatic ring is 1. The van der Waals surface area contributed by atoms with Gasteiger partial charge in [0.2, 0.25) is 5.95 Å². The fraction of sp³-hybridized carbons (Fsp3) is 0.409. The van der Waals surface area contributed by atoms with Gasteiger partial charge in [0.25, 0.3) is 11.5 Å². The SMILES string of the molecule is Nc1nc2c(c(=O)[nH]1)CC(CCc1ccc3c(c1)CN([C@H](CCC(=O)O)C(=O)O)C3=O)CN2. The molecule has 174 valence electrons. The predicted molar refractivity (Wildman–Crippen MR) is 118 cm³/mol. The Kier molecular flexibility index (Phi) is 6.03. The van der Waals surface area contributed by atoms with E-state index in [-0.39, 0.29) is 36.8 Å². The first-order valence-corrected chi connectivity index (χ1v) is 10.7. The number of nitrogens with one attached hydrogen (secondary N) is 2. The molecule has 2 aliphatic heterocycles. The molecule has 2 atom stereocenters. The van der Waals surface area contributed by atoms with E-state index in [2.05, 4.69) is 15.3 Å². The molecule has 0 aliphatic carbocycles. The summed E-state index contributed by atoms with van der Waals surface area (Å²) in [6, 6.07) is 4.28. The van der Waals surface area contributed by atoms with E-state index in [1.165, 1.54) is 4.90 Å². The summed E-state index contributed by atoms with van der Waals surface area (Å²) >= 11 is 0. The Morgan fingerprint density at radius 1 is 1.27 bits per heavy atom. The number of aliphatic carboxylic acids is 2. The lowest BCUT2D eigenvalue weighted by atomic mass is 9.90. The molecule has 4 rings (SSSR count). The molecule has 2 aliphatic rings. The number of carbonyl (C=O) groups excluding carboxylic acids is 1. The Bertz CT molecular complexity index is 1180. The van der Waals surface area contributed by atoms with E-state index in [0.29, 0.717) is 29.9 Å². The summed E-state index contributed by atoms with van der Waals surface area (Å²) in [6.07, 6.45) is 1.65. The van der Waals surface area contributed by atoms with Crippen LogP contribution in [-0.2, 0) is 29.0 Å². The summed E-state index contributed by atoms with van der Waals surface area (Å²) in [5.74, 6) is -1.88. The van der Waals surface area contributed by atoms with Crippen molar-refractivity contribution in [3.05, 3.63) is 50.8 Å². The molecule has 0 spiro atoms. The van der Waals surface area contributed by atoms with E-state index < -0.39 is 23.9 Å². The lowest BCUT2D eigenvalue weighted by Gasteiger charge is -2.24. The van der Waals surface area contributed by atoms with Crippen LogP contribution in [0.15, 0.2) is 23.0 Å². The van der Waals surface area contributed by atoms with Gasteiger partial charge in [0.1, 0.15) is 11.9 Å². The monoisotopic (exact) mass is 455 g/mol. The fourth-order valence-electron chi connectivity index (χ4n) is 4.50. The van der Waals surface area contributed by atoms with Crippen LogP contribution in [0.2, 0.25) is 0 Å². The maximum atomic E-state index is 12.7. The van der Waals surface area contributed by atoms with Crippen LogP contribution in [-0.4, -0.2) is 55.5 Å². The van der Waals surface area contributed by atoms with Gasteiger partial charge in [0.15, 0.2) is 0 Å². The maximum absolute atomic E-state index is 12.7. The number of rotatable bonds is 8. The number of nitrogens with two attached hydrogens (primary N) is 1. The Morgan fingerprint density at radius 2 is 2.06 bits per heavy atom. The van der Waals surface area contributed by atoms with Crippen molar-refractivity contribution < 1.29 is 24.6 Å². The van der Waals surface area contributed by atoms with E-state index in [4.69, 9.17) is 10.8 Å². The van der Waals surface area contributed by atoms with E-state index in [9.17, 15) is 24.3 Å². The van der Waals surface area contributed by atoms with Gasteiger partial charge < -0.3 is 26.2 Å². The Labute approximate surface area is 188 Å². The third kappa shape index (κ3) is 4.66.